The van der Waals surface area contributed by atoms with E-state index in [0.717, 1.165) is 27.9 Å². The molecule has 0 saturated carbocycles. The summed E-state index contributed by atoms with van der Waals surface area (Å²) in [6.45, 7) is 4.16. The number of rotatable bonds is 3. The van der Waals surface area contributed by atoms with Crippen LogP contribution in [0.2, 0.25) is 0 Å². The van der Waals surface area contributed by atoms with E-state index in [0.29, 0.717) is 11.5 Å². The topological polar surface area (TPSA) is 66.0 Å². The molecule has 0 aliphatic carbocycles. The van der Waals surface area contributed by atoms with Crippen molar-refractivity contribution in [3.63, 3.8) is 0 Å². The lowest BCUT2D eigenvalue weighted by Gasteiger charge is -2.04. The predicted molar refractivity (Wildman–Crippen MR) is 87.5 cm³/mol. The molecule has 4 aromatic rings. The van der Waals surface area contributed by atoms with E-state index < -0.39 is 0 Å². The molecule has 2 aromatic carbocycles. The number of aromatic nitrogens is 4. The van der Waals surface area contributed by atoms with Crippen molar-refractivity contribution in [3.05, 3.63) is 36.4 Å². The molecule has 0 unspecified atom stereocenters. The second-order valence-corrected chi connectivity index (χ2v) is 5.68. The van der Waals surface area contributed by atoms with Crippen LogP contribution in [-0.4, -0.2) is 27.1 Å². The van der Waals surface area contributed by atoms with Gasteiger partial charge in [-0.2, -0.15) is 0 Å². The minimum atomic E-state index is 0.266. The second kappa shape index (κ2) is 5.08. The Hall–Kier alpha value is -2.89. The van der Waals surface area contributed by atoms with Gasteiger partial charge in [0.2, 0.25) is 5.89 Å². The summed E-state index contributed by atoms with van der Waals surface area (Å²) in [4.78, 5) is 4.53. The van der Waals surface area contributed by atoms with Crippen molar-refractivity contribution in [3.8, 4) is 17.2 Å². The van der Waals surface area contributed by atoms with Gasteiger partial charge < -0.3 is 9.15 Å². The van der Waals surface area contributed by atoms with Gasteiger partial charge in [-0.25, -0.2) is 9.67 Å². The first-order chi connectivity index (χ1) is 11.2. The smallest absolute Gasteiger partial charge is 0.227 e. The van der Waals surface area contributed by atoms with E-state index in [1.807, 2.05) is 41.1 Å². The molecule has 0 bridgehead atoms. The van der Waals surface area contributed by atoms with E-state index in [1.165, 1.54) is 0 Å². The van der Waals surface area contributed by atoms with Crippen LogP contribution in [0.4, 0.5) is 0 Å². The van der Waals surface area contributed by atoms with Crippen LogP contribution in [0.3, 0.4) is 0 Å². The number of hydrogen-bond acceptors (Lipinski definition) is 5. The Morgan fingerprint density at radius 3 is 2.74 bits per heavy atom. The molecule has 0 radical (unpaired) electrons. The molecule has 0 fully saturated rings. The maximum atomic E-state index is 5.85. The maximum Gasteiger partial charge on any atom is 0.227 e. The first-order valence-corrected chi connectivity index (χ1v) is 7.45. The summed E-state index contributed by atoms with van der Waals surface area (Å²) in [5, 5.41) is 8.43. The molecule has 0 amide bonds. The maximum absolute atomic E-state index is 5.85. The number of oxazole rings is 1. The zero-order valence-corrected chi connectivity index (χ0v) is 13.1. The van der Waals surface area contributed by atoms with Gasteiger partial charge >= 0.3 is 0 Å². The minimum absolute atomic E-state index is 0.266. The van der Waals surface area contributed by atoms with E-state index in [4.69, 9.17) is 9.15 Å². The average Bonchev–Trinajstić information content (AvgIpc) is 3.17. The molecule has 0 N–H and O–H groups in total. The number of nitrogens with zero attached hydrogens (tertiary/aromatic N) is 4. The fourth-order valence-electron chi connectivity index (χ4n) is 2.61. The molecule has 6 heteroatoms. The summed E-state index contributed by atoms with van der Waals surface area (Å²) in [6.07, 6.45) is 0. The zero-order chi connectivity index (χ0) is 16.0. The Bertz CT molecular complexity index is 1000. The number of fused-ring (bicyclic) bond motifs is 2. The molecular weight excluding hydrogens is 292 g/mol. The zero-order valence-electron chi connectivity index (χ0n) is 13.1. The second-order valence-electron chi connectivity index (χ2n) is 5.68. The lowest BCUT2D eigenvalue weighted by Crippen LogP contribution is -2.02. The van der Waals surface area contributed by atoms with Gasteiger partial charge in [0.05, 0.1) is 12.6 Å². The Labute approximate surface area is 132 Å². The first kappa shape index (κ1) is 13.8. The minimum Gasteiger partial charge on any atom is -0.497 e. The molecule has 23 heavy (non-hydrogen) atoms. The summed E-state index contributed by atoms with van der Waals surface area (Å²) in [5.74, 6) is 1.31. The van der Waals surface area contributed by atoms with Gasteiger partial charge in [0.25, 0.3) is 0 Å². The highest BCUT2D eigenvalue weighted by atomic mass is 16.5. The largest absolute Gasteiger partial charge is 0.497 e. The van der Waals surface area contributed by atoms with Crippen molar-refractivity contribution in [2.75, 3.05) is 7.11 Å². The molecule has 116 valence electrons. The fourth-order valence-corrected chi connectivity index (χ4v) is 2.61. The van der Waals surface area contributed by atoms with Crippen molar-refractivity contribution < 1.29 is 9.15 Å². The summed E-state index contributed by atoms with van der Waals surface area (Å²) in [6, 6.07) is 11.8. The molecular formula is C17H16N4O2. The van der Waals surface area contributed by atoms with Crippen molar-refractivity contribution in [2.45, 2.75) is 19.9 Å². The summed E-state index contributed by atoms with van der Waals surface area (Å²) in [7, 11) is 1.63. The number of ether oxygens (including phenoxy) is 1. The standard InChI is InChI=1S/C17H16N4O2/c1-10(2)21-15-7-4-11(8-14(15)19-20-21)17-18-13-6-5-12(22-3)9-16(13)23-17/h4-10H,1-3H3. The highest BCUT2D eigenvalue weighted by Crippen LogP contribution is 2.29. The van der Waals surface area contributed by atoms with E-state index in [2.05, 4.69) is 29.1 Å². The number of methoxy groups -OCH3 is 1. The van der Waals surface area contributed by atoms with Crippen LogP contribution in [0.1, 0.15) is 19.9 Å². The van der Waals surface area contributed by atoms with Gasteiger partial charge in [-0.3, -0.25) is 0 Å². The number of hydrogen-bond donors (Lipinski definition) is 0. The van der Waals surface area contributed by atoms with Crippen LogP contribution in [0.15, 0.2) is 40.8 Å². The molecule has 6 nitrogen and oxygen atoms in total. The molecule has 2 heterocycles. The van der Waals surface area contributed by atoms with Crippen LogP contribution in [0.5, 0.6) is 5.75 Å². The Morgan fingerprint density at radius 2 is 1.96 bits per heavy atom. The van der Waals surface area contributed by atoms with Crippen LogP contribution in [0, 0.1) is 0 Å². The van der Waals surface area contributed by atoms with Crippen LogP contribution < -0.4 is 4.74 Å². The molecule has 0 aliphatic heterocycles. The van der Waals surface area contributed by atoms with Crippen molar-refractivity contribution in [1.29, 1.82) is 0 Å². The van der Waals surface area contributed by atoms with Crippen molar-refractivity contribution in [1.82, 2.24) is 20.0 Å². The predicted octanol–water partition coefficient (Wildman–Crippen LogP) is 3.83. The lowest BCUT2D eigenvalue weighted by atomic mass is 10.2. The third kappa shape index (κ3) is 2.23. The third-order valence-electron chi connectivity index (χ3n) is 3.80. The third-order valence-corrected chi connectivity index (χ3v) is 3.80. The Kier molecular flexibility index (Phi) is 3.04. The summed E-state index contributed by atoms with van der Waals surface area (Å²) < 4.78 is 13.0. The van der Waals surface area contributed by atoms with Crippen molar-refractivity contribution in [2.24, 2.45) is 0 Å². The highest BCUT2D eigenvalue weighted by molar-refractivity contribution is 5.82. The lowest BCUT2D eigenvalue weighted by molar-refractivity contribution is 0.414. The normalized spacial score (nSPS) is 11.7. The quantitative estimate of drug-likeness (QED) is 0.575. The van der Waals surface area contributed by atoms with Gasteiger partial charge in [0, 0.05) is 17.7 Å². The molecule has 0 spiro atoms. The number of benzene rings is 2. The Morgan fingerprint density at radius 1 is 1.09 bits per heavy atom. The summed E-state index contributed by atoms with van der Waals surface area (Å²) in [5.41, 5.74) is 4.21. The SMILES string of the molecule is COc1ccc2nc(-c3ccc4c(c3)nnn4C(C)C)oc2c1. The molecule has 0 atom stereocenters. The van der Waals surface area contributed by atoms with Gasteiger partial charge in [-0.1, -0.05) is 5.21 Å². The Balaban J connectivity index is 1.82. The van der Waals surface area contributed by atoms with Crippen LogP contribution >= 0.6 is 0 Å². The van der Waals surface area contributed by atoms with Gasteiger partial charge in [-0.15, -0.1) is 5.10 Å². The fraction of sp³-hybridized carbons (Fsp3) is 0.235. The molecule has 4 rings (SSSR count). The van der Waals surface area contributed by atoms with Crippen LogP contribution in [-0.2, 0) is 0 Å². The van der Waals surface area contributed by atoms with E-state index in [-0.39, 0.29) is 6.04 Å². The monoisotopic (exact) mass is 308 g/mol. The van der Waals surface area contributed by atoms with Crippen molar-refractivity contribution >= 4 is 22.1 Å². The first-order valence-electron chi connectivity index (χ1n) is 7.45. The van der Waals surface area contributed by atoms with Gasteiger partial charge in [0.1, 0.15) is 16.8 Å². The highest BCUT2D eigenvalue weighted by Gasteiger charge is 2.13. The van der Waals surface area contributed by atoms with Gasteiger partial charge in [0.15, 0.2) is 5.58 Å². The van der Waals surface area contributed by atoms with E-state index >= 15 is 0 Å². The van der Waals surface area contributed by atoms with E-state index in [9.17, 15) is 0 Å². The molecule has 0 aliphatic rings. The van der Waals surface area contributed by atoms with Gasteiger partial charge in [-0.05, 0) is 44.2 Å². The van der Waals surface area contributed by atoms with Crippen LogP contribution in [0.25, 0.3) is 33.6 Å². The molecule has 2 aromatic heterocycles. The summed E-state index contributed by atoms with van der Waals surface area (Å²) >= 11 is 0. The molecule has 0 saturated heterocycles. The average molecular weight is 308 g/mol. The van der Waals surface area contributed by atoms with E-state index in [1.54, 1.807) is 7.11 Å².